The molecule has 3 aromatic carbocycles. The lowest BCUT2D eigenvalue weighted by molar-refractivity contribution is -0.384. The first-order valence-corrected chi connectivity index (χ1v) is 10.7. The van der Waals surface area contributed by atoms with Crippen molar-refractivity contribution in [2.24, 2.45) is 11.8 Å². The highest BCUT2D eigenvalue weighted by molar-refractivity contribution is 6.33. The van der Waals surface area contributed by atoms with Gasteiger partial charge in [-0.05, 0) is 34.4 Å². The highest BCUT2D eigenvalue weighted by atomic mass is 35.5. The van der Waals surface area contributed by atoms with Crippen molar-refractivity contribution in [1.82, 2.24) is 0 Å². The van der Waals surface area contributed by atoms with Gasteiger partial charge in [-0.25, -0.2) is 4.90 Å². The van der Waals surface area contributed by atoms with Crippen LogP contribution in [0, 0.1) is 22.0 Å². The van der Waals surface area contributed by atoms with Gasteiger partial charge in [-0.3, -0.25) is 19.7 Å². The molecule has 2 atom stereocenters. The Bertz CT molecular complexity index is 1320. The Balaban J connectivity index is 1.58. The Morgan fingerprint density at radius 2 is 1.53 bits per heavy atom. The van der Waals surface area contributed by atoms with Gasteiger partial charge in [-0.15, -0.1) is 0 Å². The molecule has 3 aliphatic carbocycles. The molecule has 158 valence electrons. The molecule has 0 N–H and O–H groups in total. The first kappa shape index (κ1) is 19.2. The van der Waals surface area contributed by atoms with Gasteiger partial charge < -0.3 is 0 Å². The van der Waals surface area contributed by atoms with Crippen LogP contribution in [0.5, 0.6) is 0 Å². The topological polar surface area (TPSA) is 80.5 Å². The maximum absolute atomic E-state index is 13.8. The number of hydrogen-bond acceptors (Lipinski definition) is 4. The smallest absolute Gasteiger partial charge is 0.274 e. The minimum Gasteiger partial charge on any atom is -0.274 e. The van der Waals surface area contributed by atoms with E-state index in [2.05, 4.69) is 0 Å². The van der Waals surface area contributed by atoms with Crippen molar-refractivity contribution in [2.75, 3.05) is 4.90 Å². The maximum Gasteiger partial charge on any atom is 0.289 e. The van der Waals surface area contributed by atoms with Gasteiger partial charge in [0.15, 0.2) is 0 Å². The van der Waals surface area contributed by atoms with E-state index in [1.807, 2.05) is 55.5 Å². The molecule has 1 aliphatic heterocycles. The van der Waals surface area contributed by atoms with Gasteiger partial charge in [0.1, 0.15) is 5.02 Å². The number of nitro groups is 1. The van der Waals surface area contributed by atoms with Crippen LogP contribution in [0.2, 0.25) is 5.02 Å². The van der Waals surface area contributed by atoms with Gasteiger partial charge in [0, 0.05) is 17.4 Å². The number of hydrogen-bond donors (Lipinski definition) is 0. The van der Waals surface area contributed by atoms with Gasteiger partial charge in [0.05, 0.1) is 22.4 Å². The summed E-state index contributed by atoms with van der Waals surface area (Å²) in [5, 5.41) is 11.4. The molecule has 0 unspecified atom stereocenters. The summed E-state index contributed by atoms with van der Waals surface area (Å²) in [6, 6.07) is 20.1. The molecule has 7 rings (SSSR count). The molecule has 2 amide bonds. The van der Waals surface area contributed by atoms with E-state index in [1.165, 1.54) is 18.2 Å². The zero-order valence-corrected chi connectivity index (χ0v) is 17.7. The number of amides is 2. The van der Waals surface area contributed by atoms with Crippen LogP contribution in [-0.4, -0.2) is 16.7 Å². The normalized spacial score (nSPS) is 27.2. The SMILES string of the molecule is CC12c3ccccc3C(c3ccccc31)[C@H]1C(=O)N(c3ccc(Cl)c([N+](=O)[O-])c3)C(=O)[C@H]12. The minimum absolute atomic E-state index is 0.0397. The van der Waals surface area contributed by atoms with Crippen molar-refractivity contribution in [1.29, 1.82) is 0 Å². The standard InChI is InChI=1S/C25H17ClN2O4/c1-25-16-8-4-2-6-14(16)20(15-7-3-5-9-17(15)25)21-22(25)24(30)27(23(21)29)13-10-11-18(26)19(12-13)28(31)32/h2-12,20-22H,1H3/t20?,21-,22+,25?/m1/s1. The highest BCUT2D eigenvalue weighted by Crippen LogP contribution is 2.64. The molecule has 2 bridgehead atoms. The Kier molecular flexibility index (Phi) is 3.76. The third kappa shape index (κ3) is 2.15. The second kappa shape index (κ2) is 6.26. The van der Waals surface area contributed by atoms with Crippen LogP contribution in [0.15, 0.2) is 66.7 Å². The quantitative estimate of drug-likeness (QED) is 0.322. The first-order valence-electron chi connectivity index (χ1n) is 10.4. The Morgan fingerprint density at radius 3 is 2.12 bits per heavy atom. The molecule has 0 saturated carbocycles. The van der Waals surface area contributed by atoms with Gasteiger partial charge in [0.25, 0.3) is 5.69 Å². The van der Waals surface area contributed by atoms with Crippen molar-refractivity contribution < 1.29 is 14.5 Å². The second-order valence-corrected chi connectivity index (χ2v) is 9.17. The summed E-state index contributed by atoms with van der Waals surface area (Å²) >= 11 is 5.96. The molecule has 0 spiro atoms. The summed E-state index contributed by atoms with van der Waals surface area (Å²) in [5.41, 5.74) is 3.44. The Labute approximate surface area is 188 Å². The highest BCUT2D eigenvalue weighted by Gasteiger charge is 2.66. The van der Waals surface area contributed by atoms with Crippen LogP contribution in [0.4, 0.5) is 11.4 Å². The lowest BCUT2D eigenvalue weighted by Gasteiger charge is -2.52. The Hall–Kier alpha value is -3.51. The number of imide groups is 1. The minimum atomic E-state index is -0.674. The number of nitro benzene ring substituents is 1. The van der Waals surface area contributed by atoms with E-state index in [0.717, 1.165) is 27.2 Å². The van der Waals surface area contributed by atoms with Gasteiger partial charge in [0.2, 0.25) is 11.8 Å². The number of nitrogens with zero attached hydrogens (tertiary/aromatic N) is 2. The molecule has 3 aromatic rings. The molecular weight excluding hydrogens is 428 g/mol. The number of rotatable bonds is 2. The summed E-state index contributed by atoms with van der Waals surface area (Å²) < 4.78 is 0. The number of carbonyl (C=O) groups excluding carboxylic acids is 2. The van der Waals surface area contributed by atoms with E-state index in [0.29, 0.717) is 0 Å². The van der Waals surface area contributed by atoms with E-state index in [9.17, 15) is 19.7 Å². The predicted molar refractivity (Wildman–Crippen MR) is 119 cm³/mol. The molecule has 1 heterocycles. The van der Waals surface area contributed by atoms with Crippen molar-refractivity contribution in [3.8, 4) is 0 Å². The summed E-state index contributed by atoms with van der Waals surface area (Å²) in [5.74, 6) is -2.03. The molecule has 1 fully saturated rings. The van der Waals surface area contributed by atoms with Crippen LogP contribution in [0.25, 0.3) is 0 Å². The average Bonchev–Trinajstić information content (AvgIpc) is 3.06. The van der Waals surface area contributed by atoms with Gasteiger partial charge in [-0.1, -0.05) is 67.1 Å². The largest absolute Gasteiger partial charge is 0.289 e. The lowest BCUT2D eigenvalue weighted by atomic mass is 9.48. The molecule has 0 aromatic heterocycles. The molecule has 1 saturated heterocycles. The second-order valence-electron chi connectivity index (χ2n) is 8.76. The molecule has 7 heteroatoms. The summed E-state index contributed by atoms with van der Waals surface area (Å²) in [6.45, 7) is 2.04. The number of carbonyl (C=O) groups is 2. The third-order valence-electron chi connectivity index (χ3n) is 7.43. The number of benzene rings is 3. The summed E-state index contributed by atoms with van der Waals surface area (Å²) in [4.78, 5) is 39.5. The molecule has 0 radical (unpaired) electrons. The third-order valence-corrected chi connectivity index (χ3v) is 7.75. The molecular formula is C25H17ClN2O4. The van der Waals surface area contributed by atoms with E-state index in [1.54, 1.807) is 0 Å². The average molecular weight is 445 g/mol. The monoisotopic (exact) mass is 444 g/mol. The summed E-state index contributed by atoms with van der Waals surface area (Å²) in [6.07, 6.45) is 0. The van der Waals surface area contributed by atoms with Crippen LogP contribution in [-0.2, 0) is 15.0 Å². The lowest BCUT2D eigenvalue weighted by Crippen LogP contribution is -2.51. The van der Waals surface area contributed by atoms with Crippen LogP contribution in [0.1, 0.15) is 35.1 Å². The Morgan fingerprint density at radius 1 is 0.938 bits per heavy atom. The number of anilines is 1. The van der Waals surface area contributed by atoms with Gasteiger partial charge >= 0.3 is 0 Å². The van der Waals surface area contributed by atoms with E-state index in [4.69, 9.17) is 11.6 Å². The maximum atomic E-state index is 13.8. The fourth-order valence-electron chi connectivity index (χ4n) is 6.19. The van der Waals surface area contributed by atoms with Crippen LogP contribution in [0.3, 0.4) is 0 Å². The number of halogens is 1. The van der Waals surface area contributed by atoms with E-state index in [-0.39, 0.29) is 34.1 Å². The van der Waals surface area contributed by atoms with Crippen molar-refractivity contribution in [3.63, 3.8) is 0 Å². The summed E-state index contributed by atoms with van der Waals surface area (Å²) in [7, 11) is 0. The van der Waals surface area contributed by atoms with Crippen LogP contribution >= 0.6 is 11.6 Å². The first-order chi connectivity index (χ1) is 15.4. The van der Waals surface area contributed by atoms with Gasteiger partial charge in [-0.2, -0.15) is 0 Å². The zero-order chi connectivity index (χ0) is 22.4. The van der Waals surface area contributed by atoms with Crippen molar-refractivity contribution >= 4 is 34.8 Å². The fourth-order valence-corrected chi connectivity index (χ4v) is 6.37. The van der Waals surface area contributed by atoms with E-state index < -0.39 is 22.2 Å². The van der Waals surface area contributed by atoms with Crippen molar-refractivity contribution in [2.45, 2.75) is 18.3 Å². The van der Waals surface area contributed by atoms with E-state index >= 15 is 0 Å². The predicted octanol–water partition coefficient (Wildman–Crippen LogP) is 4.82. The van der Waals surface area contributed by atoms with Crippen LogP contribution < -0.4 is 4.90 Å². The fraction of sp³-hybridized carbons (Fsp3) is 0.200. The molecule has 32 heavy (non-hydrogen) atoms. The van der Waals surface area contributed by atoms with Crippen molar-refractivity contribution in [3.05, 3.63) is 104 Å². The molecule has 4 aliphatic rings. The molecule has 6 nitrogen and oxygen atoms in total. The zero-order valence-electron chi connectivity index (χ0n) is 17.0.